The lowest BCUT2D eigenvalue weighted by atomic mass is 9.55. The molecular formula is C14H25F2N. The second kappa shape index (κ2) is 5.92. The largest absolute Gasteiger partial charge is 0.288 e. The third-order valence-corrected chi connectivity index (χ3v) is 4.09. The monoisotopic (exact) mass is 245 g/mol. The van der Waals surface area contributed by atoms with Crippen molar-refractivity contribution in [2.45, 2.75) is 59.8 Å². The predicted molar refractivity (Wildman–Crippen MR) is 68.9 cm³/mol. The van der Waals surface area contributed by atoms with Gasteiger partial charge in [0.25, 0.3) is 6.43 Å². The maximum atomic E-state index is 12.0. The van der Waals surface area contributed by atoms with Crippen LogP contribution in [0, 0.1) is 17.3 Å². The van der Waals surface area contributed by atoms with Gasteiger partial charge in [0.1, 0.15) is 0 Å². The van der Waals surface area contributed by atoms with Crippen LogP contribution in [0.3, 0.4) is 0 Å². The second-order valence-corrected chi connectivity index (χ2v) is 6.14. The summed E-state index contributed by atoms with van der Waals surface area (Å²) in [5, 5.41) is 0. The molecule has 1 saturated carbocycles. The summed E-state index contributed by atoms with van der Waals surface area (Å²) >= 11 is 0. The summed E-state index contributed by atoms with van der Waals surface area (Å²) in [5.74, 6) is 1.62. The lowest BCUT2D eigenvalue weighted by molar-refractivity contribution is -0.00689. The van der Waals surface area contributed by atoms with Gasteiger partial charge in [-0.3, -0.25) is 4.99 Å². The summed E-state index contributed by atoms with van der Waals surface area (Å²) < 4.78 is 23.9. The highest BCUT2D eigenvalue weighted by Crippen LogP contribution is 2.52. The minimum absolute atomic E-state index is 0.336. The van der Waals surface area contributed by atoms with Crippen LogP contribution in [0.25, 0.3) is 0 Å². The molecule has 1 nitrogen and oxygen atoms in total. The Morgan fingerprint density at radius 1 is 1.41 bits per heavy atom. The normalized spacial score (nSPS) is 28.3. The molecule has 0 bridgehead atoms. The van der Waals surface area contributed by atoms with Gasteiger partial charge in [-0.2, -0.15) is 0 Å². The molecule has 1 rings (SSSR count). The lowest BCUT2D eigenvalue weighted by Crippen LogP contribution is -2.42. The summed E-state index contributed by atoms with van der Waals surface area (Å²) in [6.07, 6.45) is 2.16. The van der Waals surface area contributed by atoms with Gasteiger partial charge in [0.2, 0.25) is 0 Å². The van der Waals surface area contributed by atoms with E-state index in [4.69, 9.17) is 0 Å². The molecule has 0 aromatic carbocycles. The van der Waals surface area contributed by atoms with Crippen molar-refractivity contribution in [3.8, 4) is 0 Å². The average molecular weight is 245 g/mol. The molecule has 1 aliphatic carbocycles. The molecule has 0 N–H and O–H groups in total. The molecule has 0 aliphatic heterocycles. The van der Waals surface area contributed by atoms with E-state index in [0.717, 1.165) is 30.4 Å². The molecule has 0 aromatic rings. The zero-order chi connectivity index (χ0) is 13.1. The van der Waals surface area contributed by atoms with Crippen LogP contribution >= 0.6 is 0 Å². The Labute approximate surface area is 104 Å². The first kappa shape index (κ1) is 14.6. The van der Waals surface area contributed by atoms with Crippen LogP contribution in [0.4, 0.5) is 8.78 Å². The van der Waals surface area contributed by atoms with Crippen LogP contribution in [-0.2, 0) is 0 Å². The number of alkyl halides is 2. The van der Waals surface area contributed by atoms with E-state index in [-0.39, 0.29) is 6.54 Å². The minimum atomic E-state index is -2.31. The number of aliphatic imine (C=N–C) groups is 1. The fourth-order valence-corrected chi connectivity index (χ4v) is 3.29. The molecule has 2 unspecified atom stereocenters. The molecule has 1 fully saturated rings. The van der Waals surface area contributed by atoms with Gasteiger partial charge in [0.05, 0.1) is 6.54 Å². The summed E-state index contributed by atoms with van der Waals surface area (Å²) in [6.45, 7) is 8.49. The molecular weight excluding hydrogens is 220 g/mol. The fourth-order valence-electron chi connectivity index (χ4n) is 3.29. The second-order valence-electron chi connectivity index (χ2n) is 6.14. The highest BCUT2D eigenvalue weighted by Gasteiger charge is 2.43. The highest BCUT2D eigenvalue weighted by molar-refractivity contribution is 5.81. The summed E-state index contributed by atoms with van der Waals surface area (Å²) in [7, 11) is 0. The van der Waals surface area contributed by atoms with Gasteiger partial charge in [0, 0.05) is 5.71 Å². The first-order valence-electron chi connectivity index (χ1n) is 6.61. The van der Waals surface area contributed by atoms with Crippen molar-refractivity contribution in [1.82, 2.24) is 0 Å². The zero-order valence-corrected chi connectivity index (χ0v) is 11.5. The molecule has 100 valence electrons. The number of nitrogens with zero attached hydrogens (tertiary/aromatic N) is 1. The topological polar surface area (TPSA) is 12.4 Å². The standard InChI is InChI=1S/C14H25F2N/c1-10-8-14(3,4)12(10)7-5-6-11(2)17-9-13(15)16/h10,12-13H,5-9H2,1-4H3. The molecule has 0 aromatic heterocycles. The Kier molecular flexibility index (Phi) is 5.08. The fraction of sp³-hybridized carbons (Fsp3) is 0.929. The van der Waals surface area contributed by atoms with Gasteiger partial charge in [0.15, 0.2) is 0 Å². The van der Waals surface area contributed by atoms with Crippen LogP contribution in [0.2, 0.25) is 0 Å². The SMILES string of the molecule is CC(CCCC1C(C)CC1(C)C)=NCC(F)F. The maximum Gasteiger partial charge on any atom is 0.257 e. The first-order valence-corrected chi connectivity index (χ1v) is 6.61. The third kappa shape index (κ3) is 4.36. The van der Waals surface area contributed by atoms with Crippen molar-refractivity contribution in [3.63, 3.8) is 0 Å². The molecule has 2 atom stereocenters. The Hall–Kier alpha value is -0.470. The van der Waals surface area contributed by atoms with Gasteiger partial charge in [-0.15, -0.1) is 0 Å². The summed E-state index contributed by atoms with van der Waals surface area (Å²) in [4.78, 5) is 3.89. The van der Waals surface area contributed by atoms with Crippen LogP contribution in [0.15, 0.2) is 4.99 Å². The Bertz CT molecular complexity index is 271. The number of hydrogen-bond donors (Lipinski definition) is 0. The quantitative estimate of drug-likeness (QED) is 0.608. The van der Waals surface area contributed by atoms with Crippen LogP contribution < -0.4 is 0 Å². The van der Waals surface area contributed by atoms with Crippen LogP contribution in [0.1, 0.15) is 53.4 Å². The number of hydrogen-bond acceptors (Lipinski definition) is 1. The van der Waals surface area contributed by atoms with E-state index in [1.807, 2.05) is 6.92 Å². The number of halogens is 2. The van der Waals surface area contributed by atoms with E-state index in [1.54, 1.807) is 0 Å². The van der Waals surface area contributed by atoms with Gasteiger partial charge in [-0.25, -0.2) is 8.78 Å². The highest BCUT2D eigenvalue weighted by atomic mass is 19.3. The molecule has 0 saturated heterocycles. The molecule has 0 heterocycles. The van der Waals surface area contributed by atoms with Crippen molar-refractivity contribution < 1.29 is 8.78 Å². The first-order chi connectivity index (χ1) is 7.83. The van der Waals surface area contributed by atoms with Crippen molar-refractivity contribution in [2.75, 3.05) is 6.54 Å². The van der Waals surface area contributed by atoms with Gasteiger partial charge < -0.3 is 0 Å². The van der Waals surface area contributed by atoms with Crippen LogP contribution in [-0.4, -0.2) is 18.7 Å². The molecule has 0 radical (unpaired) electrons. The summed E-state index contributed by atoms with van der Waals surface area (Å²) in [6, 6.07) is 0. The van der Waals surface area contributed by atoms with E-state index in [1.165, 1.54) is 12.8 Å². The molecule has 3 heteroatoms. The van der Waals surface area contributed by atoms with Gasteiger partial charge in [-0.05, 0) is 49.9 Å². The zero-order valence-electron chi connectivity index (χ0n) is 11.5. The van der Waals surface area contributed by atoms with Gasteiger partial charge in [-0.1, -0.05) is 20.8 Å². The van der Waals surface area contributed by atoms with Crippen molar-refractivity contribution in [3.05, 3.63) is 0 Å². The smallest absolute Gasteiger partial charge is 0.257 e. The summed E-state index contributed by atoms with van der Waals surface area (Å²) in [5.41, 5.74) is 1.35. The Morgan fingerprint density at radius 2 is 2.06 bits per heavy atom. The van der Waals surface area contributed by atoms with Crippen molar-refractivity contribution >= 4 is 5.71 Å². The van der Waals surface area contributed by atoms with Crippen LogP contribution in [0.5, 0.6) is 0 Å². The molecule has 0 spiro atoms. The van der Waals surface area contributed by atoms with E-state index < -0.39 is 6.43 Å². The third-order valence-electron chi connectivity index (χ3n) is 4.09. The Balaban J connectivity index is 2.21. The Morgan fingerprint density at radius 3 is 2.53 bits per heavy atom. The van der Waals surface area contributed by atoms with Gasteiger partial charge >= 0.3 is 0 Å². The molecule has 0 amide bonds. The average Bonchev–Trinajstić information content (AvgIpc) is 2.20. The predicted octanol–water partition coefficient (Wildman–Crippen LogP) is 4.56. The lowest BCUT2D eigenvalue weighted by Gasteiger charge is -2.50. The van der Waals surface area contributed by atoms with E-state index in [9.17, 15) is 8.78 Å². The maximum absolute atomic E-state index is 12.0. The van der Waals surface area contributed by atoms with E-state index in [0.29, 0.717) is 5.41 Å². The van der Waals surface area contributed by atoms with Crippen molar-refractivity contribution in [1.29, 1.82) is 0 Å². The minimum Gasteiger partial charge on any atom is -0.288 e. The molecule has 1 aliphatic rings. The van der Waals surface area contributed by atoms with E-state index >= 15 is 0 Å². The van der Waals surface area contributed by atoms with Crippen molar-refractivity contribution in [2.24, 2.45) is 22.2 Å². The number of rotatable bonds is 6. The molecule has 17 heavy (non-hydrogen) atoms. The van der Waals surface area contributed by atoms with E-state index in [2.05, 4.69) is 25.8 Å².